The average molecular weight is 242 g/mol. The molecule has 0 amide bonds. The van der Waals surface area contributed by atoms with E-state index in [-0.39, 0.29) is 0 Å². The van der Waals surface area contributed by atoms with Crippen LogP contribution in [0, 0.1) is 0 Å². The first-order valence-corrected chi connectivity index (χ1v) is 6.19. The summed E-state index contributed by atoms with van der Waals surface area (Å²) in [5.74, 6) is 0.880. The SMILES string of the molecule is CCOc1cc(Cl)ccc1CNC(C)CC. The van der Waals surface area contributed by atoms with Crippen LogP contribution in [0.1, 0.15) is 32.8 Å². The Morgan fingerprint density at radius 1 is 1.38 bits per heavy atom. The molecular formula is C13H20ClNO. The Bertz CT molecular complexity index is 328. The van der Waals surface area contributed by atoms with E-state index in [9.17, 15) is 0 Å². The fourth-order valence-electron chi connectivity index (χ4n) is 1.39. The smallest absolute Gasteiger partial charge is 0.125 e. The summed E-state index contributed by atoms with van der Waals surface area (Å²) in [6.07, 6.45) is 1.12. The number of nitrogens with one attached hydrogen (secondary N) is 1. The number of rotatable bonds is 6. The van der Waals surface area contributed by atoms with Gasteiger partial charge in [0.15, 0.2) is 0 Å². The lowest BCUT2D eigenvalue weighted by Gasteiger charge is -2.14. The highest BCUT2D eigenvalue weighted by molar-refractivity contribution is 6.30. The van der Waals surface area contributed by atoms with Gasteiger partial charge in [0.05, 0.1) is 6.61 Å². The topological polar surface area (TPSA) is 21.3 Å². The molecule has 0 aliphatic heterocycles. The van der Waals surface area contributed by atoms with Gasteiger partial charge < -0.3 is 10.1 Å². The van der Waals surface area contributed by atoms with Crippen molar-refractivity contribution in [1.82, 2.24) is 5.32 Å². The summed E-state index contributed by atoms with van der Waals surface area (Å²) in [7, 11) is 0. The highest BCUT2D eigenvalue weighted by Crippen LogP contribution is 2.23. The van der Waals surface area contributed by atoms with E-state index >= 15 is 0 Å². The van der Waals surface area contributed by atoms with Crippen LogP contribution in [0.3, 0.4) is 0 Å². The molecule has 0 spiro atoms. The summed E-state index contributed by atoms with van der Waals surface area (Å²) < 4.78 is 5.56. The fourth-order valence-corrected chi connectivity index (χ4v) is 1.55. The summed E-state index contributed by atoms with van der Waals surface area (Å²) >= 11 is 5.94. The van der Waals surface area contributed by atoms with Crippen LogP contribution in [0.15, 0.2) is 18.2 Å². The summed E-state index contributed by atoms with van der Waals surface area (Å²) in [5, 5.41) is 4.16. The standard InChI is InChI=1S/C13H20ClNO/c1-4-10(3)15-9-11-6-7-12(14)8-13(11)16-5-2/h6-8,10,15H,4-5,9H2,1-3H3. The van der Waals surface area contributed by atoms with E-state index in [0.29, 0.717) is 12.6 Å². The maximum Gasteiger partial charge on any atom is 0.125 e. The second kappa shape index (κ2) is 6.77. The molecule has 1 unspecified atom stereocenters. The molecule has 0 saturated carbocycles. The minimum absolute atomic E-state index is 0.519. The summed E-state index contributed by atoms with van der Waals surface area (Å²) in [5.41, 5.74) is 1.16. The van der Waals surface area contributed by atoms with Crippen molar-refractivity contribution < 1.29 is 4.74 Å². The van der Waals surface area contributed by atoms with Crippen molar-refractivity contribution in [3.8, 4) is 5.75 Å². The molecular weight excluding hydrogens is 222 g/mol. The van der Waals surface area contributed by atoms with E-state index in [4.69, 9.17) is 16.3 Å². The first kappa shape index (κ1) is 13.3. The van der Waals surface area contributed by atoms with Crippen molar-refractivity contribution in [2.75, 3.05) is 6.61 Å². The van der Waals surface area contributed by atoms with Crippen molar-refractivity contribution in [2.45, 2.75) is 39.8 Å². The van der Waals surface area contributed by atoms with Gasteiger partial charge in [0.2, 0.25) is 0 Å². The van der Waals surface area contributed by atoms with Crippen LogP contribution in [0.2, 0.25) is 5.02 Å². The lowest BCUT2D eigenvalue weighted by molar-refractivity contribution is 0.334. The molecule has 2 nitrogen and oxygen atoms in total. The molecule has 1 aromatic carbocycles. The lowest BCUT2D eigenvalue weighted by atomic mass is 10.1. The van der Waals surface area contributed by atoms with E-state index < -0.39 is 0 Å². The molecule has 90 valence electrons. The second-order valence-corrected chi connectivity index (χ2v) is 4.31. The number of benzene rings is 1. The molecule has 0 bridgehead atoms. The quantitative estimate of drug-likeness (QED) is 0.821. The molecule has 0 radical (unpaired) electrons. The third-order valence-corrected chi connectivity index (χ3v) is 2.82. The van der Waals surface area contributed by atoms with Gasteiger partial charge in [0.1, 0.15) is 5.75 Å². The van der Waals surface area contributed by atoms with Crippen molar-refractivity contribution in [1.29, 1.82) is 0 Å². The van der Waals surface area contributed by atoms with Crippen LogP contribution in [0.4, 0.5) is 0 Å². The molecule has 1 atom stereocenters. The van der Waals surface area contributed by atoms with E-state index in [1.165, 1.54) is 0 Å². The van der Waals surface area contributed by atoms with Gasteiger partial charge in [-0.05, 0) is 32.4 Å². The average Bonchev–Trinajstić information content (AvgIpc) is 2.28. The van der Waals surface area contributed by atoms with E-state index in [0.717, 1.165) is 29.3 Å². The first-order chi connectivity index (χ1) is 7.67. The Kier molecular flexibility index (Phi) is 5.64. The molecule has 0 aliphatic carbocycles. The van der Waals surface area contributed by atoms with Crippen molar-refractivity contribution >= 4 is 11.6 Å². The molecule has 0 fully saturated rings. The van der Waals surface area contributed by atoms with Crippen LogP contribution in [-0.4, -0.2) is 12.6 Å². The van der Waals surface area contributed by atoms with Crippen molar-refractivity contribution in [2.24, 2.45) is 0 Å². The molecule has 0 saturated heterocycles. The first-order valence-electron chi connectivity index (χ1n) is 5.82. The predicted octanol–water partition coefficient (Wildman–Crippen LogP) is 3.63. The minimum Gasteiger partial charge on any atom is -0.493 e. The minimum atomic E-state index is 0.519. The maximum absolute atomic E-state index is 5.94. The van der Waals surface area contributed by atoms with Gasteiger partial charge in [0.25, 0.3) is 0 Å². The summed E-state index contributed by atoms with van der Waals surface area (Å²) in [6.45, 7) is 7.81. The van der Waals surface area contributed by atoms with Gasteiger partial charge in [0, 0.05) is 23.2 Å². The number of hydrogen-bond donors (Lipinski definition) is 1. The van der Waals surface area contributed by atoms with E-state index in [1.807, 2.05) is 25.1 Å². The van der Waals surface area contributed by atoms with Crippen LogP contribution in [0.25, 0.3) is 0 Å². The third kappa shape index (κ3) is 4.03. The second-order valence-electron chi connectivity index (χ2n) is 3.88. The summed E-state index contributed by atoms with van der Waals surface area (Å²) in [6, 6.07) is 6.31. The van der Waals surface area contributed by atoms with Gasteiger partial charge in [-0.2, -0.15) is 0 Å². The highest BCUT2D eigenvalue weighted by Gasteiger charge is 2.05. The largest absolute Gasteiger partial charge is 0.493 e. The third-order valence-electron chi connectivity index (χ3n) is 2.58. The molecule has 1 N–H and O–H groups in total. The molecule has 3 heteroatoms. The zero-order valence-electron chi connectivity index (χ0n) is 10.2. The number of halogens is 1. The molecule has 0 heterocycles. The Hall–Kier alpha value is -0.730. The normalized spacial score (nSPS) is 12.5. The fraction of sp³-hybridized carbons (Fsp3) is 0.538. The van der Waals surface area contributed by atoms with Crippen LogP contribution < -0.4 is 10.1 Å². The summed E-state index contributed by atoms with van der Waals surface area (Å²) in [4.78, 5) is 0. The van der Waals surface area contributed by atoms with Crippen LogP contribution >= 0.6 is 11.6 Å². The van der Waals surface area contributed by atoms with Crippen LogP contribution in [0.5, 0.6) is 5.75 Å². The Balaban J connectivity index is 2.70. The number of ether oxygens (including phenoxy) is 1. The molecule has 1 rings (SSSR count). The Morgan fingerprint density at radius 3 is 2.75 bits per heavy atom. The predicted molar refractivity (Wildman–Crippen MR) is 69.2 cm³/mol. The zero-order chi connectivity index (χ0) is 12.0. The maximum atomic E-state index is 5.94. The highest BCUT2D eigenvalue weighted by atomic mass is 35.5. The van der Waals surface area contributed by atoms with Gasteiger partial charge in [-0.3, -0.25) is 0 Å². The molecule has 0 aromatic heterocycles. The van der Waals surface area contributed by atoms with E-state index in [1.54, 1.807) is 0 Å². The zero-order valence-corrected chi connectivity index (χ0v) is 11.0. The molecule has 16 heavy (non-hydrogen) atoms. The van der Waals surface area contributed by atoms with Gasteiger partial charge >= 0.3 is 0 Å². The van der Waals surface area contributed by atoms with Crippen molar-refractivity contribution in [3.05, 3.63) is 28.8 Å². The Morgan fingerprint density at radius 2 is 2.12 bits per heavy atom. The lowest BCUT2D eigenvalue weighted by Crippen LogP contribution is -2.24. The molecule has 1 aromatic rings. The monoisotopic (exact) mass is 241 g/mol. The number of hydrogen-bond acceptors (Lipinski definition) is 2. The van der Waals surface area contributed by atoms with Gasteiger partial charge in [-0.15, -0.1) is 0 Å². The van der Waals surface area contributed by atoms with Crippen molar-refractivity contribution in [3.63, 3.8) is 0 Å². The van der Waals surface area contributed by atoms with Crippen LogP contribution in [-0.2, 0) is 6.54 Å². The van der Waals surface area contributed by atoms with E-state index in [2.05, 4.69) is 19.2 Å². The molecule has 0 aliphatic rings. The van der Waals surface area contributed by atoms with Gasteiger partial charge in [-0.1, -0.05) is 24.6 Å². The Labute approximate surface area is 103 Å². The van der Waals surface area contributed by atoms with Gasteiger partial charge in [-0.25, -0.2) is 0 Å².